The van der Waals surface area contributed by atoms with Crippen LogP contribution in [0.25, 0.3) is 0 Å². The molecule has 8 heteroatoms. The SMILES string of the molecule is CCC(C)NC(=O)c1ccc(Nc2cc(OC)c(Cl)cc2OC)nn1. The predicted octanol–water partition coefficient (Wildman–Crippen LogP) is 3.42. The fraction of sp³-hybridized carbons (Fsp3) is 0.353. The van der Waals surface area contributed by atoms with Gasteiger partial charge in [-0.3, -0.25) is 4.79 Å². The monoisotopic (exact) mass is 364 g/mol. The van der Waals surface area contributed by atoms with Crippen molar-refractivity contribution >= 4 is 29.0 Å². The number of carbonyl (C=O) groups excluding carboxylic acids is 1. The highest BCUT2D eigenvalue weighted by molar-refractivity contribution is 6.32. The van der Waals surface area contributed by atoms with Gasteiger partial charge in [-0.1, -0.05) is 18.5 Å². The van der Waals surface area contributed by atoms with Gasteiger partial charge >= 0.3 is 0 Å². The number of aromatic nitrogens is 2. The summed E-state index contributed by atoms with van der Waals surface area (Å²) in [6, 6.07) is 6.69. The van der Waals surface area contributed by atoms with Crippen LogP contribution in [0.4, 0.5) is 11.5 Å². The van der Waals surface area contributed by atoms with Gasteiger partial charge in [0.2, 0.25) is 0 Å². The van der Waals surface area contributed by atoms with E-state index in [9.17, 15) is 4.79 Å². The lowest BCUT2D eigenvalue weighted by Crippen LogP contribution is -2.32. The summed E-state index contributed by atoms with van der Waals surface area (Å²) < 4.78 is 10.5. The molecule has 2 aromatic rings. The average molecular weight is 365 g/mol. The molecule has 1 unspecified atom stereocenters. The van der Waals surface area contributed by atoms with E-state index in [1.54, 1.807) is 24.3 Å². The fourth-order valence-corrected chi connectivity index (χ4v) is 2.25. The number of hydrogen-bond acceptors (Lipinski definition) is 6. The molecular formula is C17H21ClN4O3. The minimum Gasteiger partial charge on any atom is -0.495 e. The molecule has 1 atom stereocenters. The van der Waals surface area contributed by atoms with Crippen molar-refractivity contribution in [1.82, 2.24) is 15.5 Å². The van der Waals surface area contributed by atoms with Crippen molar-refractivity contribution in [3.05, 3.63) is 35.0 Å². The molecular weight excluding hydrogens is 344 g/mol. The molecule has 1 aromatic carbocycles. The van der Waals surface area contributed by atoms with E-state index < -0.39 is 0 Å². The second-order valence-electron chi connectivity index (χ2n) is 5.40. The van der Waals surface area contributed by atoms with Gasteiger partial charge in [0.15, 0.2) is 11.5 Å². The van der Waals surface area contributed by atoms with Gasteiger partial charge in [0.05, 0.1) is 24.9 Å². The number of nitrogens with zero attached hydrogens (tertiary/aromatic N) is 2. The molecule has 0 aliphatic heterocycles. The quantitative estimate of drug-likeness (QED) is 0.783. The summed E-state index contributed by atoms with van der Waals surface area (Å²) >= 11 is 6.09. The van der Waals surface area contributed by atoms with Crippen molar-refractivity contribution in [3.8, 4) is 11.5 Å². The maximum absolute atomic E-state index is 12.0. The van der Waals surface area contributed by atoms with E-state index in [0.29, 0.717) is 28.0 Å². The first-order chi connectivity index (χ1) is 12.0. The molecule has 2 N–H and O–H groups in total. The third-order valence-corrected chi connectivity index (χ3v) is 3.92. The highest BCUT2D eigenvalue weighted by Crippen LogP contribution is 2.36. The van der Waals surface area contributed by atoms with E-state index >= 15 is 0 Å². The summed E-state index contributed by atoms with van der Waals surface area (Å²) in [6.45, 7) is 3.93. The Bertz CT molecular complexity index is 737. The number of amides is 1. The summed E-state index contributed by atoms with van der Waals surface area (Å²) in [5.41, 5.74) is 0.876. The molecule has 25 heavy (non-hydrogen) atoms. The Hall–Kier alpha value is -2.54. The maximum Gasteiger partial charge on any atom is 0.272 e. The molecule has 0 fully saturated rings. The molecule has 0 bridgehead atoms. The van der Waals surface area contributed by atoms with Crippen molar-refractivity contribution in [2.24, 2.45) is 0 Å². The molecule has 1 aromatic heterocycles. The van der Waals surface area contributed by atoms with Crippen molar-refractivity contribution in [2.75, 3.05) is 19.5 Å². The van der Waals surface area contributed by atoms with Gasteiger partial charge in [-0.25, -0.2) is 0 Å². The Morgan fingerprint density at radius 2 is 1.92 bits per heavy atom. The van der Waals surface area contributed by atoms with Crippen LogP contribution in [0.5, 0.6) is 11.5 Å². The Balaban J connectivity index is 2.17. The molecule has 134 valence electrons. The highest BCUT2D eigenvalue weighted by Gasteiger charge is 2.13. The minimum atomic E-state index is -0.251. The number of methoxy groups -OCH3 is 2. The first-order valence-electron chi connectivity index (χ1n) is 7.81. The Kier molecular flexibility index (Phi) is 6.41. The molecule has 1 amide bonds. The summed E-state index contributed by atoms with van der Waals surface area (Å²) in [5.74, 6) is 1.25. The fourth-order valence-electron chi connectivity index (χ4n) is 2.02. The summed E-state index contributed by atoms with van der Waals surface area (Å²) in [5, 5.41) is 14.3. The van der Waals surface area contributed by atoms with Crippen molar-refractivity contribution < 1.29 is 14.3 Å². The molecule has 0 spiro atoms. The van der Waals surface area contributed by atoms with Crippen molar-refractivity contribution in [1.29, 1.82) is 0 Å². The van der Waals surface area contributed by atoms with Crippen LogP contribution in [0.1, 0.15) is 30.8 Å². The van der Waals surface area contributed by atoms with Gasteiger partial charge in [-0.15, -0.1) is 10.2 Å². The third-order valence-electron chi connectivity index (χ3n) is 3.62. The van der Waals surface area contributed by atoms with Crippen LogP contribution in [-0.4, -0.2) is 36.4 Å². The van der Waals surface area contributed by atoms with Crippen molar-refractivity contribution in [2.45, 2.75) is 26.3 Å². The standard InChI is InChI=1S/C17H21ClN4O3/c1-5-10(2)19-17(23)12-6-7-16(22-21-12)20-13-9-14(24-3)11(18)8-15(13)25-4/h6-10H,5H2,1-4H3,(H,19,23)(H,20,22). The van der Waals surface area contributed by atoms with Crippen LogP contribution < -0.4 is 20.1 Å². The van der Waals surface area contributed by atoms with Crippen LogP contribution in [0.15, 0.2) is 24.3 Å². The molecule has 0 aliphatic rings. The number of benzene rings is 1. The van der Waals surface area contributed by atoms with Gasteiger partial charge < -0.3 is 20.1 Å². The lowest BCUT2D eigenvalue weighted by Gasteiger charge is -2.13. The molecule has 1 heterocycles. The Morgan fingerprint density at radius 3 is 2.48 bits per heavy atom. The maximum atomic E-state index is 12.0. The largest absolute Gasteiger partial charge is 0.495 e. The van der Waals surface area contributed by atoms with Gasteiger partial charge in [0, 0.05) is 18.2 Å². The normalized spacial score (nSPS) is 11.6. The number of ether oxygens (including phenoxy) is 2. The molecule has 7 nitrogen and oxygen atoms in total. The van der Waals surface area contributed by atoms with Gasteiger partial charge in [-0.05, 0) is 25.5 Å². The molecule has 0 aliphatic carbocycles. The predicted molar refractivity (Wildman–Crippen MR) is 97.1 cm³/mol. The lowest BCUT2D eigenvalue weighted by atomic mass is 10.2. The summed E-state index contributed by atoms with van der Waals surface area (Å²) in [7, 11) is 3.07. The first-order valence-corrected chi connectivity index (χ1v) is 8.19. The Morgan fingerprint density at radius 1 is 1.20 bits per heavy atom. The molecule has 0 saturated heterocycles. The van der Waals surface area contributed by atoms with Gasteiger partial charge in [0.1, 0.15) is 11.5 Å². The van der Waals surface area contributed by atoms with E-state index in [4.69, 9.17) is 21.1 Å². The number of nitrogens with one attached hydrogen (secondary N) is 2. The van der Waals surface area contributed by atoms with Crippen LogP contribution in [0.2, 0.25) is 5.02 Å². The lowest BCUT2D eigenvalue weighted by molar-refractivity contribution is 0.0933. The number of anilines is 2. The summed E-state index contributed by atoms with van der Waals surface area (Å²) in [4.78, 5) is 12.0. The van der Waals surface area contributed by atoms with Crippen LogP contribution in [0, 0.1) is 0 Å². The van der Waals surface area contributed by atoms with Crippen LogP contribution in [0.3, 0.4) is 0 Å². The zero-order valence-corrected chi connectivity index (χ0v) is 15.3. The Labute approximate surface area is 151 Å². The van der Waals surface area contributed by atoms with Crippen molar-refractivity contribution in [3.63, 3.8) is 0 Å². The van der Waals surface area contributed by atoms with E-state index in [2.05, 4.69) is 20.8 Å². The molecule has 0 saturated carbocycles. The van der Waals surface area contributed by atoms with E-state index in [1.807, 2.05) is 13.8 Å². The second kappa shape index (κ2) is 8.53. The number of carbonyl (C=O) groups is 1. The van der Waals surface area contributed by atoms with E-state index in [0.717, 1.165) is 6.42 Å². The van der Waals surface area contributed by atoms with Gasteiger partial charge in [0.25, 0.3) is 5.91 Å². The topological polar surface area (TPSA) is 85.4 Å². The second-order valence-corrected chi connectivity index (χ2v) is 5.81. The molecule has 2 rings (SSSR count). The summed E-state index contributed by atoms with van der Waals surface area (Å²) in [6.07, 6.45) is 0.844. The highest BCUT2D eigenvalue weighted by atomic mass is 35.5. The zero-order valence-electron chi connectivity index (χ0n) is 14.6. The number of rotatable bonds is 7. The van der Waals surface area contributed by atoms with E-state index in [1.165, 1.54) is 14.2 Å². The van der Waals surface area contributed by atoms with Gasteiger partial charge in [-0.2, -0.15) is 0 Å². The third kappa shape index (κ3) is 4.73. The number of halogens is 1. The van der Waals surface area contributed by atoms with E-state index in [-0.39, 0.29) is 17.6 Å². The smallest absolute Gasteiger partial charge is 0.272 e. The zero-order chi connectivity index (χ0) is 18.4. The van der Waals surface area contributed by atoms with Crippen LogP contribution in [-0.2, 0) is 0 Å². The minimum absolute atomic E-state index is 0.0814. The number of hydrogen-bond donors (Lipinski definition) is 2. The first kappa shape index (κ1) is 18.8. The van der Waals surface area contributed by atoms with Crippen LogP contribution >= 0.6 is 11.6 Å². The molecule has 0 radical (unpaired) electrons. The average Bonchev–Trinajstić information content (AvgIpc) is 2.63.